The van der Waals surface area contributed by atoms with Crippen molar-refractivity contribution in [3.05, 3.63) is 36.4 Å². The fourth-order valence-electron chi connectivity index (χ4n) is 2.43. The average Bonchev–Trinajstić information content (AvgIpc) is 2.95. The summed E-state index contributed by atoms with van der Waals surface area (Å²) in [5, 5.41) is 2.87. The van der Waals surface area contributed by atoms with Gasteiger partial charge in [-0.05, 0) is 37.1 Å². The van der Waals surface area contributed by atoms with Crippen molar-refractivity contribution >= 4 is 11.6 Å². The number of benzene rings is 1. The SMILES string of the molecule is Cc1ncc(-c2ccc(NC(=O)C3(N)CCOCC3)cc2)o1. The quantitative estimate of drug-likeness (QED) is 0.906. The smallest absolute Gasteiger partial charge is 0.244 e. The molecule has 3 rings (SSSR count). The fraction of sp³-hybridized carbons (Fsp3) is 0.375. The molecule has 0 bridgehead atoms. The highest BCUT2D eigenvalue weighted by Crippen LogP contribution is 2.24. The van der Waals surface area contributed by atoms with Gasteiger partial charge in [-0.3, -0.25) is 4.79 Å². The van der Waals surface area contributed by atoms with Gasteiger partial charge in [-0.15, -0.1) is 0 Å². The summed E-state index contributed by atoms with van der Waals surface area (Å²) in [6, 6.07) is 7.41. The second kappa shape index (κ2) is 5.90. The number of rotatable bonds is 3. The molecule has 2 heterocycles. The third kappa shape index (κ3) is 3.03. The van der Waals surface area contributed by atoms with Gasteiger partial charge < -0.3 is 20.2 Å². The molecular formula is C16H19N3O3. The highest BCUT2D eigenvalue weighted by molar-refractivity contribution is 5.98. The first kappa shape index (κ1) is 14.7. The number of aryl methyl sites for hydroxylation is 1. The zero-order valence-electron chi connectivity index (χ0n) is 12.5. The summed E-state index contributed by atoms with van der Waals surface area (Å²) in [4.78, 5) is 16.4. The number of nitrogens with zero attached hydrogens (tertiary/aromatic N) is 1. The number of nitrogens with one attached hydrogen (secondary N) is 1. The predicted molar refractivity (Wildman–Crippen MR) is 82.3 cm³/mol. The molecule has 6 heteroatoms. The lowest BCUT2D eigenvalue weighted by Crippen LogP contribution is -2.54. The van der Waals surface area contributed by atoms with Crippen molar-refractivity contribution in [2.45, 2.75) is 25.3 Å². The average molecular weight is 301 g/mol. The van der Waals surface area contributed by atoms with E-state index in [-0.39, 0.29) is 5.91 Å². The Morgan fingerprint density at radius 1 is 1.27 bits per heavy atom. The predicted octanol–water partition coefficient (Wildman–Crippen LogP) is 2.10. The van der Waals surface area contributed by atoms with E-state index in [1.54, 1.807) is 13.1 Å². The summed E-state index contributed by atoms with van der Waals surface area (Å²) >= 11 is 0. The summed E-state index contributed by atoms with van der Waals surface area (Å²) in [5.74, 6) is 1.16. The molecule has 0 aliphatic carbocycles. The minimum atomic E-state index is -0.848. The second-order valence-electron chi connectivity index (χ2n) is 5.54. The molecule has 1 amide bonds. The Bertz CT molecular complexity index is 658. The van der Waals surface area contributed by atoms with Gasteiger partial charge in [-0.2, -0.15) is 0 Å². The van der Waals surface area contributed by atoms with Crippen molar-refractivity contribution in [2.75, 3.05) is 18.5 Å². The highest BCUT2D eigenvalue weighted by atomic mass is 16.5. The lowest BCUT2D eigenvalue weighted by Gasteiger charge is -2.31. The molecule has 1 fully saturated rings. The summed E-state index contributed by atoms with van der Waals surface area (Å²) in [6.07, 6.45) is 2.75. The number of carbonyl (C=O) groups excluding carboxylic acids is 1. The van der Waals surface area contributed by atoms with E-state index < -0.39 is 5.54 Å². The van der Waals surface area contributed by atoms with E-state index in [4.69, 9.17) is 14.9 Å². The number of nitrogens with two attached hydrogens (primary N) is 1. The van der Waals surface area contributed by atoms with Gasteiger partial charge in [0.15, 0.2) is 11.7 Å². The number of ether oxygens (including phenoxy) is 1. The topological polar surface area (TPSA) is 90.4 Å². The number of amides is 1. The van der Waals surface area contributed by atoms with Crippen molar-refractivity contribution in [2.24, 2.45) is 5.73 Å². The molecule has 0 radical (unpaired) electrons. The van der Waals surface area contributed by atoms with Gasteiger partial charge in [0.25, 0.3) is 0 Å². The van der Waals surface area contributed by atoms with Crippen molar-refractivity contribution in [3.63, 3.8) is 0 Å². The normalized spacial score (nSPS) is 17.2. The van der Waals surface area contributed by atoms with E-state index >= 15 is 0 Å². The minimum Gasteiger partial charge on any atom is -0.441 e. The summed E-state index contributed by atoms with van der Waals surface area (Å²) in [5.41, 5.74) is 6.93. The third-order valence-corrected chi connectivity index (χ3v) is 3.89. The van der Waals surface area contributed by atoms with Gasteiger partial charge in [-0.25, -0.2) is 4.98 Å². The molecule has 0 saturated carbocycles. The molecule has 6 nitrogen and oxygen atoms in total. The van der Waals surface area contributed by atoms with Gasteiger partial charge in [0, 0.05) is 31.4 Å². The zero-order chi connectivity index (χ0) is 15.6. The molecule has 1 saturated heterocycles. The van der Waals surface area contributed by atoms with Gasteiger partial charge >= 0.3 is 0 Å². The summed E-state index contributed by atoms with van der Waals surface area (Å²) in [6.45, 7) is 2.84. The first-order valence-electron chi connectivity index (χ1n) is 7.28. The Hall–Kier alpha value is -2.18. The van der Waals surface area contributed by atoms with Crippen LogP contribution in [0, 0.1) is 6.92 Å². The maximum Gasteiger partial charge on any atom is 0.244 e. The van der Waals surface area contributed by atoms with Crippen LogP contribution in [-0.2, 0) is 9.53 Å². The molecule has 1 aliphatic rings. The first-order valence-corrected chi connectivity index (χ1v) is 7.28. The van der Waals surface area contributed by atoms with Crippen LogP contribution in [0.3, 0.4) is 0 Å². The van der Waals surface area contributed by atoms with E-state index in [0.29, 0.717) is 43.4 Å². The molecule has 0 unspecified atom stereocenters. The monoisotopic (exact) mass is 301 g/mol. The van der Waals surface area contributed by atoms with Crippen LogP contribution in [0.4, 0.5) is 5.69 Å². The number of oxazole rings is 1. The minimum absolute atomic E-state index is 0.168. The molecule has 116 valence electrons. The molecule has 1 aromatic carbocycles. The molecule has 1 aliphatic heterocycles. The fourth-order valence-corrected chi connectivity index (χ4v) is 2.43. The second-order valence-corrected chi connectivity index (χ2v) is 5.54. The Morgan fingerprint density at radius 2 is 1.95 bits per heavy atom. The molecule has 0 spiro atoms. The van der Waals surface area contributed by atoms with E-state index in [1.165, 1.54) is 0 Å². The number of carbonyl (C=O) groups is 1. The number of anilines is 1. The van der Waals surface area contributed by atoms with E-state index in [2.05, 4.69) is 10.3 Å². The molecule has 2 aromatic rings. The standard InChI is InChI=1S/C16H19N3O3/c1-11-18-10-14(22-11)12-2-4-13(5-3-12)19-15(20)16(17)6-8-21-9-7-16/h2-5,10H,6-9,17H2,1H3,(H,19,20). The largest absolute Gasteiger partial charge is 0.441 e. The lowest BCUT2D eigenvalue weighted by atomic mass is 9.90. The van der Waals surface area contributed by atoms with E-state index in [9.17, 15) is 4.79 Å². The Morgan fingerprint density at radius 3 is 2.55 bits per heavy atom. The van der Waals surface area contributed by atoms with Crippen molar-refractivity contribution < 1.29 is 13.9 Å². The molecule has 0 atom stereocenters. The van der Waals surface area contributed by atoms with Gasteiger partial charge in [0.2, 0.25) is 5.91 Å². The number of hydrogen-bond acceptors (Lipinski definition) is 5. The van der Waals surface area contributed by atoms with Crippen LogP contribution in [0.1, 0.15) is 18.7 Å². The zero-order valence-corrected chi connectivity index (χ0v) is 12.5. The Balaban J connectivity index is 1.69. The van der Waals surface area contributed by atoms with Crippen LogP contribution in [-0.4, -0.2) is 29.6 Å². The van der Waals surface area contributed by atoms with Crippen LogP contribution in [0.25, 0.3) is 11.3 Å². The third-order valence-electron chi connectivity index (χ3n) is 3.89. The Kier molecular flexibility index (Phi) is 3.96. The molecule has 1 aromatic heterocycles. The van der Waals surface area contributed by atoms with Crippen LogP contribution in [0.2, 0.25) is 0 Å². The van der Waals surface area contributed by atoms with Crippen LogP contribution in [0.5, 0.6) is 0 Å². The lowest BCUT2D eigenvalue weighted by molar-refractivity contribution is -0.124. The van der Waals surface area contributed by atoms with E-state index in [1.807, 2.05) is 24.3 Å². The van der Waals surface area contributed by atoms with Gasteiger partial charge in [0.1, 0.15) is 5.54 Å². The maximum absolute atomic E-state index is 12.3. The number of hydrogen-bond donors (Lipinski definition) is 2. The van der Waals surface area contributed by atoms with Crippen LogP contribution < -0.4 is 11.1 Å². The van der Waals surface area contributed by atoms with Crippen LogP contribution >= 0.6 is 0 Å². The summed E-state index contributed by atoms with van der Waals surface area (Å²) in [7, 11) is 0. The van der Waals surface area contributed by atoms with Crippen LogP contribution in [0.15, 0.2) is 34.9 Å². The van der Waals surface area contributed by atoms with Crippen molar-refractivity contribution in [1.29, 1.82) is 0 Å². The summed E-state index contributed by atoms with van der Waals surface area (Å²) < 4.78 is 10.7. The van der Waals surface area contributed by atoms with Gasteiger partial charge in [-0.1, -0.05) is 0 Å². The maximum atomic E-state index is 12.3. The molecular weight excluding hydrogens is 282 g/mol. The molecule has 3 N–H and O–H groups in total. The Labute approximate surface area is 128 Å². The first-order chi connectivity index (χ1) is 10.6. The van der Waals surface area contributed by atoms with Crippen molar-refractivity contribution in [1.82, 2.24) is 4.98 Å². The van der Waals surface area contributed by atoms with E-state index in [0.717, 1.165) is 5.56 Å². The highest BCUT2D eigenvalue weighted by Gasteiger charge is 2.35. The van der Waals surface area contributed by atoms with Crippen molar-refractivity contribution in [3.8, 4) is 11.3 Å². The van der Waals surface area contributed by atoms with Gasteiger partial charge in [0.05, 0.1) is 6.20 Å². The number of aromatic nitrogens is 1. The molecule has 22 heavy (non-hydrogen) atoms.